The molecule has 0 amide bonds. The second kappa shape index (κ2) is 6.36. The van der Waals surface area contributed by atoms with Gasteiger partial charge in [0.15, 0.2) is 0 Å². The van der Waals surface area contributed by atoms with Crippen LogP contribution in [-0.4, -0.2) is 35.6 Å². The molecule has 0 aliphatic heterocycles. The van der Waals surface area contributed by atoms with Gasteiger partial charge in [-0.2, -0.15) is 5.10 Å². The van der Waals surface area contributed by atoms with E-state index in [0.717, 1.165) is 19.3 Å². The van der Waals surface area contributed by atoms with Gasteiger partial charge in [0.1, 0.15) is 5.02 Å². The fourth-order valence-electron chi connectivity index (χ4n) is 2.27. The lowest BCUT2D eigenvalue weighted by molar-refractivity contribution is 0.182. The molecule has 1 aromatic rings. The summed E-state index contributed by atoms with van der Waals surface area (Å²) in [5, 5.41) is 7.46. The van der Waals surface area contributed by atoms with E-state index < -0.39 is 0 Å². The van der Waals surface area contributed by atoms with E-state index in [1.165, 1.54) is 4.68 Å². The minimum Gasteiger partial charge on any atom is -0.383 e. The number of nitrogens with two attached hydrogens (primary N) is 1. The van der Waals surface area contributed by atoms with Crippen LogP contribution in [0.4, 0.5) is 5.69 Å². The van der Waals surface area contributed by atoms with Crippen molar-refractivity contribution in [3.63, 3.8) is 0 Å². The van der Waals surface area contributed by atoms with Gasteiger partial charge in [-0.25, -0.2) is 4.68 Å². The average molecular weight is 287 g/mol. The summed E-state index contributed by atoms with van der Waals surface area (Å²) >= 11 is 6.09. The maximum atomic E-state index is 12.0. The summed E-state index contributed by atoms with van der Waals surface area (Å²) < 4.78 is 6.21. The lowest BCUT2D eigenvalue weighted by Gasteiger charge is -2.19. The summed E-state index contributed by atoms with van der Waals surface area (Å²) in [5.74, 6) is 0. The van der Waals surface area contributed by atoms with Crippen LogP contribution >= 0.6 is 11.6 Å². The molecule has 0 aromatic carbocycles. The van der Waals surface area contributed by atoms with Crippen LogP contribution in [0.5, 0.6) is 0 Å². The largest absolute Gasteiger partial charge is 0.383 e. The van der Waals surface area contributed by atoms with Crippen molar-refractivity contribution < 1.29 is 4.74 Å². The number of rotatable bonds is 5. The Labute approximate surface area is 116 Å². The number of ether oxygens (including phenoxy) is 1. The molecule has 0 saturated heterocycles. The fraction of sp³-hybridized carbons (Fsp3) is 0.667. The van der Waals surface area contributed by atoms with E-state index in [1.54, 1.807) is 13.3 Å². The van der Waals surface area contributed by atoms with Gasteiger partial charge < -0.3 is 15.8 Å². The molecule has 0 radical (unpaired) electrons. The third-order valence-corrected chi connectivity index (χ3v) is 3.77. The summed E-state index contributed by atoms with van der Waals surface area (Å²) in [6.07, 6.45) is 4.65. The Kier molecular flexibility index (Phi) is 4.79. The second-order valence-electron chi connectivity index (χ2n) is 4.74. The Bertz CT molecular complexity index is 491. The monoisotopic (exact) mass is 286 g/mol. The molecule has 1 fully saturated rings. The third-order valence-electron chi connectivity index (χ3n) is 3.40. The highest BCUT2D eigenvalue weighted by atomic mass is 35.5. The van der Waals surface area contributed by atoms with Crippen molar-refractivity contribution in [1.29, 1.82) is 0 Å². The van der Waals surface area contributed by atoms with Crippen molar-refractivity contribution in [2.45, 2.75) is 37.9 Å². The molecule has 0 bridgehead atoms. The molecule has 19 heavy (non-hydrogen) atoms. The van der Waals surface area contributed by atoms with Crippen LogP contribution in [0.15, 0.2) is 11.0 Å². The van der Waals surface area contributed by atoms with Gasteiger partial charge in [-0.1, -0.05) is 11.6 Å². The van der Waals surface area contributed by atoms with Crippen LogP contribution in [0.1, 0.15) is 19.3 Å². The molecule has 1 aliphatic carbocycles. The number of hydrogen-bond donors (Lipinski definition) is 2. The number of halogens is 1. The van der Waals surface area contributed by atoms with Crippen LogP contribution in [0.25, 0.3) is 0 Å². The van der Waals surface area contributed by atoms with E-state index in [-0.39, 0.29) is 22.7 Å². The second-order valence-corrected chi connectivity index (χ2v) is 5.12. The van der Waals surface area contributed by atoms with Crippen molar-refractivity contribution in [3.8, 4) is 0 Å². The van der Waals surface area contributed by atoms with E-state index in [0.29, 0.717) is 18.8 Å². The van der Waals surface area contributed by atoms with E-state index >= 15 is 0 Å². The number of nitrogens with zero attached hydrogens (tertiary/aromatic N) is 2. The molecule has 3 N–H and O–H groups in total. The fourth-order valence-corrected chi connectivity index (χ4v) is 2.47. The minimum atomic E-state index is -0.310. The molecule has 7 heteroatoms. The van der Waals surface area contributed by atoms with Gasteiger partial charge in [-0.15, -0.1) is 0 Å². The quantitative estimate of drug-likeness (QED) is 0.838. The van der Waals surface area contributed by atoms with Gasteiger partial charge in [0, 0.05) is 19.2 Å². The maximum Gasteiger partial charge on any atom is 0.287 e. The zero-order chi connectivity index (χ0) is 13.8. The van der Waals surface area contributed by atoms with Gasteiger partial charge in [-0.3, -0.25) is 4.79 Å². The van der Waals surface area contributed by atoms with E-state index in [2.05, 4.69) is 10.4 Å². The first kappa shape index (κ1) is 14.3. The van der Waals surface area contributed by atoms with Gasteiger partial charge >= 0.3 is 0 Å². The molecule has 2 rings (SSSR count). The summed E-state index contributed by atoms with van der Waals surface area (Å²) in [7, 11) is 1.57. The lowest BCUT2D eigenvalue weighted by atomic mass is 10.2. The highest BCUT2D eigenvalue weighted by Crippen LogP contribution is 2.24. The molecule has 106 valence electrons. The maximum absolute atomic E-state index is 12.0. The zero-order valence-electron chi connectivity index (χ0n) is 10.9. The van der Waals surface area contributed by atoms with Crippen LogP contribution in [0, 0.1) is 0 Å². The average Bonchev–Trinajstić information content (AvgIpc) is 2.80. The van der Waals surface area contributed by atoms with Crippen LogP contribution in [0.3, 0.4) is 0 Å². The standard InChI is InChI=1S/C12H19ClN4O2/c1-19-6-5-17-12(18)11(13)10(7-15-17)16-9-4-2-3-8(9)14/h7-9,16H,2-6,14H2,1H3. The van der Waals surface area contributed by atoms with Crippen molar-refractivity contribution in [1.82, 2.24) is 9.78 Å². The molecule has 1 saturated carbocycles. The first-order valence-electron chi connectivity index (χ1n) is 6.40. The van der Waals surface area contributed by atoms with E-state index in [4.69, 9.17) is 22.1 Å². The lowest BCUT2D eigenvalue weighted by Crippen LogP contribution is -2.36. The Morgan fingerprint density at radius 3 is 3.05 bits per heavy atom. The highest BCUT2D eigenvalue weighted by molar-refractivity contribution is 6.32. The van der Waals surface area contributed by atoms with Crippen LogP contribution < -0.4 is 16.6 Å². The normalized spacial score (nSPS) is 22.7. The van der Waals surface area contributed by atoms with Crippen molar-refractivity contribution in [3.05, 3.63) is 21.6 Å². The third kappa shape index (κ3) is 3.26. The van der Waals surface area contributed by atoms with Crippen molar-refractivity contribution in [2.24, 2.45) is 5.73 Å². The zero-order valence-corrected chi connectivity index (χ0v) is 11.7. The molecule has 1 heterocycles. The van der Waals surface area contributed by atoms with E-state index in [1.807, 2.05) is 0 Å². The number of aromatic nitrogens is 2. The summed E-state index contributed by atoms with van der Waals surface area (Å²) in [6.45, 7) is 0.807. The molecular formula is C12H19ClN4O2. The predicted octanol–water partition coefficient (Wildman–Crippen LogP) is 0.835. The molecule has 1 aliphatic rings. The summed E-state index contributed by atoms with van der Waals surface area (Å²) in [4.78, 5) is 12.0. The van der Waals surface area contributed by atoms with Gasteiger partial charge in [0.25, 0.3) is 5.56 Å². The van der Waals surface area contributed by atoms with Crippen molar-refractivity contribution in [2.75, 3.05) is 19.0 Å². The molecular weight excluding hydrogens is 268 g/mol. The SMILES string of the molecule is COCCn1ncc(NC2CCCC2N)c(Cl)c1=O. The van der Waals surface area contributed by atoms with Gasteiger partial charge in [0.2, 0.25) is 0 Å². The topological polar surface area (TPSA) is 82.2 Å². The molecule has 0 spiro atoms. The Morgan fingerprint density at radius 2 is 2.42 bits per heavy atom. The Morgan fingerprint density at radius 1 is 1.63 bits per heavy atom. The number of hydrogen-bond acceptors (Lipinski definition) is 5. The van der Waals surface area contributed by atoms with Crippen LogP contribution in [0.2, 0.25) is 5.02 Å². The van der Waals surface area contributed by atoms with Gasteiger partial charge in [0.05, 0.1) is 25.0 Å². The molecule has 2 unspecified atom stereocenters. The number of nitrogens with one attached hydrogen (secondary N) is 1. The smallest absolute Gasteiger partial charge is 0.287 e. The summed E-state index contributed by atoms with van der Waals surface area (Å²) in [6, 6.07) is 0.264. The van der Waals surface area contributed by atoms with Crippen LogP contribution in [-0.2, 0) is 11.3 Å². The van der Waals surface area contributed by atoms with Gasteiger partial charge in [-0.05, 0) is 19.3 Å². The Hall–Kier alpha value is -1.11. The van der Waals surface area contributed by atoms with Crippen molar-refractivity contribution >= 4 is 17.3 Å². The highest BCUT2D eigenvalue weighted by Gasteiger charge is 2.24. The molecule has 2 atom stereocenters. The molecule has 6 nitrogen and oxygen atoms in total. The summed E-state index contributed by atoms with van der Waals surface area (Å²) in [5.41, 5.74) is 6.23. The minimum absolute atomic E-state index is 0.104. The van der Waals surface area contributed by atoms with E-state index in [9.17, 15) is 4.79 Å². The molecule has 1 aromatic heterocycles. The number of anilines is 1. The first-order chi connectivity index (χ1) is 9.13. The first-order valence-corrected chi connectivity index (χ1v) is 6.78. The Balaban J connectivity index is 2.14. The predicted molar refractivity (Wildman–Crippen MR) is 74.6 cm³/mol. The number of methoxy groups -OCH3 is 1.